The number of azide groups is 1. The quantitative estimate of drug-likeness (QED) is 0.0686. The van der Waals surface area contributed by atoms with Crippen LogP contribution >= 0.6 is 0 Å². The third-order valence-electron chi connectivity index (χ3n) is 4.33. The van der Waals surface area contributed by atoms with E-state index in [0.29, 0.717) is 12.8 Å². The number of phenolic OH excluding ortho intramolecular Hbond substituents is 1. The van der Waals surface area contributed by atoms with E-state index >= 15 is 0 Å². The molecule has 172 valence electrons. The Morgan fingerprint density at radius 3 is 2.58 bits per heavy atom. The molecule has 1 saturated heterocycles. The van der Waals surface area contributed by atoms with E-state index in [9.17, 15) is 37.3 Å². The molecular formula is C17H18N5NaO9S. The standard InChI is InChI=1S/C17H19N5O9S.Na/c18-21-20-10-5-6-11(12(23)8-10)16(26)19-7-3-1-2-4-15(25)31-22-14(24)9-13(17(22)27)32(28,29)30;/h5-6,8,13,23H,1-4,7,9H2,(H,19,26)(H,28,29,30);/q;+1/p-1. The second-order valence-corrected chi connectivity index (χ2v) is 8.19. The number of nitrogens with zero attached hydrogens (tertiary/aromatic N) is 4. The number of benzene rings is 1. The van der Waals surface area contributed by atoms with Crippen molar-refractivity contribution in [1.82, 2.24) is 10.4 Å². The van der Waals surface area contributed by atoms with Crippen molar-refractivity contribution in [1.29, 1.82) is 0 Å². The summed E-state index contributed by atoms with van der Waals surface area (Å²) in [7, 11) is -5.04. The molecular weight excluding hydrogens is 473 g/mol. The number of rotatable bonds is 10. The van der Waals surface area contributed by atoms with E-state index in [0.717, 1.165) is 6.07 Å². The molecule has 1 heterocycles. The van der Waals surface area contributed by atoms with Crippen molar-refractivity contribution < 1.29 is 71.7 Å². The molecule has 1 aliphatic heterocycles. The van der Waals surface area contributed by atoms with Gasteiger partial charge in [-0.15, -0.1) is 5.06 Å². The van der Waals surface area contributed by atoms with E-state index < -0.39 is 45.5 Å². The average Bonchev–Trinajstić information content (AvgIpc) is 2.99. The van der Waals surface area contributed by atoms with Crippen LogP contribution in [0, 0.1) is 0 Å². The number of carbonyl (C=O) groups is 4. The maximum atomic E-state index is 12.0. The van der Waals surface area contributed by atoms with Gasteiger partial charge in [0.25, 0.3) is 17.7 Å². The second-order valence-electron chi connectivity index (χ2n) is 6.63. The summed E-state index contributed by atoms with van der Waals surface area (Å²) >= 11 is 0. The first-order chi connectivity index (χ1) is 15.0. The number of phenols is 1. The molecule has 1 aromatic carbocycles. The predicted molar refractivity (Wildman–Crippen MR) is 104 cm³/mol. The van der Waals surface area contributed by atoms with Crippen molar-refractivity contribution in [2.75, 3.05) is 6.54 Å². The van der Waals surface area contributed by atoms with Gasteiger partial charge in [-0.1, -0.05) is 17.6 Å². The van der Waals surface area contributed by atoms with Gasteiger partial charge in [-0.2, -0.15) is 0 Å². The Bertz CT molecular complexity index is 1090. The number of hydroxylamine groups is 2. The smallest absolute Gasteiger partial charge is 0.747 e. The van der Waals surface area contributed by atoms with Gasteiger partial charge in [0, 0.05) is 23.6 Å². The fourth-order valence-electron chi connectivity index (χ4n) is 2.75. The number of aromatic hydroxyl groups is 1. The molecule has 0 radical (unpaired) electrons. The second kappa shape index (κ2) is 12.5. The molecule has 2 rings (SSSR count). The van der Waals surface area contributed by atoms with Crippen molar-refractivity contribution in [2.45, 2.75) is 37.4 Å². The van der Waals surface area contributed by atoms with Crippen LogP contribution in [0.15, 0.2) is 23.3 Å². The van der Waals surface area contributed by atoms with Gasteiger partial charge in [0.15, 0.2) is 0 Å². The molecule has 14 nitrogen and oxygen atoms in total. The van der Waals surface area contributed by atoms with Crippen LogP contribution in [0.4, 0.5) is 5.69 Å². The van der Waals surface area contributed by atoms with Gasteiger partial charge in [0.05, 0.1) is 12.0 Å². The zero-order chi connectivity index (χ0) is 23.9. The Labute approximate surface area is 209 Å². The zero-order valence-electron chi connectivity index (χ0n) is 17.5. The monoisotopic (exact) mass is 491 g/mol. The first-order valence-electron chi connectivity index (χ1n) is 9.23. The van der Waals surface area contributed by atoms with Gasteiger partial charge < -0.3 is 19.8 Å². The van der Waals surface area contributed by atoms with Crippen molar-refractivity contribution in [3.63, 3.8) is 0 Å². The van der Waals surface area contributed by atoms with Crippen LogP contribution in [0.25, 0.3) is 10.4 Å². The maximum absolute atomic E-state index is 12.0. The summed E-state index contributed by atoms with van der Waals surface area (Å²) in [5.41, 5.74) is 8.49. The minimum Gasteiger partial charge on any atom is -0.747 e. The maximum Gasteiger partial charge on any atom is 1.00 e. The van der Waals surface area contributed by atoms with Gasteiger partial charge in [-0.3, -0.25) is 14.4 Å². The topological polar surface area (TPSA) is 219 Å². The minimum atomic E-state index is -5.04. The van der Waals surface area contributed by atoms with Crippen LogP contribution < -0.4 is 34.9 Å². The number of nitrogens with one attached hydrogen (secondary N) is 1. The van der Waals surface area contributed by atoms with E-state index in [4.69, 9.17) is 5.53 Å². The Morgan fingerprint density at radius 2 is 2.00 bits per heavy atom. The molecule has 33 heavy (non-hydrogen) atoms. The molecule has 0 saturated carbocycles. The molecule has 0 aromatic heterocycles. The number of hydrogen-bond acceptors (Lipinski definition) is 10. The van der Waals surface area contributed by atoms with Crippen molar-refractivity contribution in [3.05, 3.63) is 34.2 Å². The molecule has 1 unspecified atom stereocenters. The van der Waals surface area contributed by atoms with Crippen molar-refractivity contribution in [2.24, 2.45) is 5.11 Å². The van der Waals surface area contributed by atoms with Crippen LogP contribution in [0.3, 0.4) is 0 Å². The normalized spacial score (nSPS) is 15.4. The molecule has 1 atom stereocenters. The Morgan fingerprint density at radius 1 is 1.30 bits per heavy atom. The SMILES string of the molecule is [N-]=[N+]=Nc1ccc(C(=O)NCCCCCC(=O)ON2C(=O)CC(S(=O)(=O)[O-])C2=O)c(O)c1.[Na+]. The summed E-state index contributed by atoms with van der Waals surface area (Å²) in [6, 6.07) is 3.81. The summed E-state index contributed by atoms with van der Waals surface area (Å²) in [5, 5.41) is 13.6. The third kappa shape index (κ3) is 7.99. The minimum absolute atomic E-state index is 0. The van der Waals surface area contributed by atoms with E-state index in [1.54, 1.807) is 0 Å². The van der Waals surface area contributed by atoms with Crippen LogP contribution in [-0.4, -0.2) is 58.6 Å². The van der Waals surface area contributed by atoms with Gasteiger partial charge in [-0.05, 0) is 30.5 Å². The molecule has 16 heteroatoms. The van der Waals surface area contributed by atoms with E-state index in [1.807, 2.05) is 0 Å². The van der Waals surface area contributed by atoms with Crippen LogP contribution in [0.5, 0.6) is 5.75 Å². The Balaban J connectivity index is 0.00000544. The summed E-state index contributed by atoms with van der Waals surface area (Å²) in [6.07, 6.45) is 0.120. The Hall–Kier alpha value is -2.68. The third-order valence-corrected chi connectivity index (χ3v) is 5.40. The molecule has 1 aromatic rings. The molecule has 2 N–H and O–H groups in total. The predicted octanol–water partition coefficient (Wildman–Crippen LogP) is -2.24. The molecule has 3 amide bonds. The van der Waals surface area contributed by atoms with Crippen LogP contribution in [0.1, 0.15) is 42.5 Å². The molecule has 1 aliphatic rings. The fraction of sp³-hybridized carbons (Fsp3) is 0.412. The first kappa shape index (κ1) is 28.4. The Kier molecular flexibility index (Phi) is 10.8. The van der Waals surface area contributed by atoms with E-state index in [2.05, 4.69) is 20.2 Å². The number of unbranched alkanes of at least 4 members (excludes halogenated alkanes) is 2. The van der Waals surface area contributed by atoms with Crippen LogP contribution in [0.2, 0.25) is 0 Å². The van der Waals surface area contributed by atoms with Crippen molar-refractivity contribution in [3.8, 4) is 5.75 Å². The molecule has 0 bridgehead atoms. The van der Waals surface area contributed by atoms with E-state index in [1.165, 1.54) is 12.1 Å². The van der Waals surface area contributed by atoms with Gasteiger partial charge in [0.1, 0.15) is 21.1 Å². The zero-order valence-corrected chi connectivity index (χ0v) is 20.3. The number of amides is 3. The van der Waals surface area contributed by atoms with E-state index in [-0.39, 0.29) is 71.0 Å². The summed E-state index contributed by atoms with van der Waals surface area (Å²) in [6.45, 7) is 0.220. The summed E-state index contributed by atoms with van der Waals surface area (Å²) in [4.78, 5) is 54.3. The van der Waals surface area contributed by atoms with Crippen molar-refractivity contribution >= 4 is 39.5 Å². The van der Waals surface area contributed by atoms with Gasteiger partial charge >= 0.3 is 35.5 Å². The number of carbonyl (C=O) groups excluding carboxylic acids is 4. The first-order valence-corrected chi connectivity index (χ1v) is 10.7. The fourth-order valence-corrected chi connectivity index (χ4v) is 3.43. The largest absolute Gasteiger partial charge is 1.00 e. The number of imide groups is 1. The summed E-state index contributed by atoms with van der Waals surface area (Å²) in [5.74, 6) is -4.34. The average molecular weight is 491 g/mol. The molecule has 0 aliphatic carbocycles. The van der Waals surface area contributed by atoms with Gasteiger partial charge in [0.2, 0.25) is 0 Å². The molecule has 1 fully saturated rings. The van der Waals surface area contributed by atoms with Crippen LogP contribution in [-0.2, 0) is 29.3 Å². The molecule has 0 spiro atoms. The summed E-state index contributed by atoms with van der Waals surface area (Å²) < 4.78 is 32.8. The van der Waals surface area contributed by atoms with Gasteiger partial charge in [-0.25, -0.2) is 13.2 Å². The number of hydrogen-bond donors (Lipinski definition) is 2.